The maximum atomic E-state index is 12.7. The number of hydrogen-bond acceptors (Lipinski definition) is 2. The molecule has 106 valence electrons. The second kappa shape index (κ2) is 7.46. The van der Waals surface area contributed by atoms with E-state index in [1.54, 1.807) is 12.1 Å². The summed E-state index contributed by atoms with van der Waals surface area (Å²) in [5, 5.41) is 6.39. The number of rotatable bonds is 3. The smallest absolute Gasteiger partial charge is 0.224 e. The maximum absolute atomic E-state index is 12.7. The van der Waals surface area contributed by atoms with E-state index >= 15 is 0 Å². The summed E-state index contributed by atoms with van der Waals surface area (Å²) in [5.41, 5.74) is 0.843. The molecule has 0 bridgehead atoms. The highest BCUT2D eigenvalue weighted by molar-refractivity contribution is 5.85. The van der Waals surface area contributed by atoms with Crippen LogP contribution in [-0.2, 0) is 11.2 Å². The summed E-state index contributed by atoms with van der Waals surface area (Å²) >= 11 is 0. The molecule has 1 aromatic carbocycles. The van der Waals surface area contributed by atoms with Gasteiger partial charge in [-0.2, -0.15) is 0 Å². The molecule has 0 spiro atoms. The minimum absolute atomic E-state index is 0. The lowest BCUT2D eigenvalue weighted by molar-refractivity contribution is -0.121. The van der Waals surface area contributed by atoms with E-state index in [0.717, 1.165) is 24.9 Å². The van der Waals surface area contributed by atoms with Crippen LogP contribution >= 0.6 is 12.4 Å². The molecule has 2 atom stereocenters. The number of piperidine rings is 1. The van der Waals surface area contributed by atoms with Gasteiger partial charge < -0.3 is 10.6 Å². The second-order valence-corrected chi connectivity index (χ2v) is 4.95. The lowest BCUT2D eigenvalue weighted by Gasteiger charge is -2.28. The molecule has 0 radical (unpaired) electrons. The highest BCUT2D eigenvalue weighted by atomic mass is 35.5. The van der Waals surface area contributed by atoms with Crippen molar-refractivity contribution in [1.29, 1.82) is 0 Å². The van der Waals surface area contributed by atoms with Crippen molar-refractivity contribution in [3.05, 3.63) is 35.6 Å². The monoisotopic (exact) mass is 286 g/mol. The molecule has 3 nitrogen and oxygen atoms in total. The van der Waals surface area contributed by atoms with Crippen molar-refractivity contribution in [2.45, 2.75) is 38.3 Å². The van der Waals surface area contributed by atoms with Gasteiger partial charge in [-0.25, -0.2) is 4.39 Å². The second-order valence-electron chi connectivity index (χ2n) is 4.95. The molecule has 2 rings (SSSR count). The molecule has 2 N–H and O–H groups in total. The first-order chi connectivity index (χ1) is 8.63. The number of benzene rings is 1. The first-order valence-corrected chi connectivity index (χ1v) is 6.40. The van der Waals surface area contributed by atoms with Gasteiger partial charge in [0.15, 0.2) is 0 Å². The Kier molecular flexibility index (Phi) is 6.25. The van der Waals surface area contributed by atoms with Crippen LogP contribution in [0.5, 0.6) is 0 Å². The first-order valence-electron chi connectivity index (χ1n) is 6.40. The van der Waals surface area contributed by atoms with Crippen molar-refractivity contribution in [2.24, 2.45) is 0 Å². The third-order valence-electron chi connectivity index (χ3n) is 3.27. The van der Waals surface area contributed by atoms with E-state index in [9.17, 15) is 9.18 Å². The van der Waals surface area contributed by atoms with Gasteiger partial charge in [-0.15, -0.1) is 12.4 Å². The predicted molar refractivity (Wildman–Crippen MR) is 76.0 cm³/mol. The van der Waals surface area contributed by atoms with Crippen LogP contribution in [0.3, 0.4) is 0 Å². The predicted octanol–water partition coefficient (Wildman–Crippen LogP) is 2.05. The lowest BCUT2D eigenvalue weighted by Crippen LogP contribution is -2.46. The standard InChI is InChI=1S/C14H19FN2O.ClH/c1-10-8-13(6-7-16-10)17-14(18)9-11-2-4-12(15)5-3-11;/h2-5,10,13,16H,6-9H2,1H3,(H,17,18);1H. The van der Waals surface area contributed by atoms with Gasteiger partial charge in [0, 0.05) is 12.1 Å². The topological polar surface area (TPSA) is 41.1 Å². The SMILES string of the molecule is CC1CC(NC(=O)Cc2ccc(F)cc2)CCN1.Cl. The van der Waals surface area contributed by atoms with Crippen molar-refractivity contribution in [3.8, 4) is 0 Å². The number of halogens is 2. The van der Waals surface area contributed by atoms with Crippen LogP contribution in [-0.4, -0.2) is 24.5 Å². The first kappa shape index (κ1) is 15.9. The molecule has 1 fully saturated rings. The number of amides is 1. The number of carbonyl (C=O) groups is 1. The van der Waals surface area contributed by atoms with Gasteiger partial charge in [-0.3, -0.25) is 4.79 Å². The van der Waals surface area contributed by atoms with Gasteiger partial charge in [0.05, 0.1) is 6.42 Å². The largest absolute Gasteiger partial charge is 0.353 e. The minimum atomic E-state index is -0.272. The Hall–Kier alpha value is -1.13. The van der Waals surface area contributed by atoms with E-state index in [2.05, 4.69) is 17.6 Å². The van der Waals surface area contributed by atoms with Crippen LogP contribution in [0.1, 0.15) is 25.3 Å². The fraction of sp³-hybridized carbons (Fsp3) is 0.500. The van der Waals surface area contributed by atoms with Crippen molar-refractivity contribution in [3.63, 3.8) is 0 Å². The number of hydrogen-bond donors (Lipinski definition) is 2. The number of nitrogens with one attached hydrogen (secondary N) is 2. The summed E-state index contributed by atoms with van der Waals surface area (Å²) in [6.45, 7) is 3.07. The molecule has 1 heterocycles. The molecule has 0 aromatic heterocycles. The van der Waals surface area contributed by atoms with Crippen LogP contribution in [0.2, 0.25) is 0 Å². The molecule has 5 heteroatoms. The summed E-state index contributed by atoms with van der Waals surface area (Å²) in [7, 11) is 0. The molecule has 1 aliphatic heterocycles. The molecule has 1 amide bonds. The van der Waals surface area contributed by atoms with Gasteiger partial charge in [-0.1, -0.05) is 12.1 Å². The maximum Gasteiger partial charge on any atom is 0.224 e. The normalized spacial score (nSPS) is 22.4. The zero-order valence-corrected chi connectivity index (χ0v) is 11.8. The van der Waals surface area contributed by atoms with E-state index in [0.29, 0.717) is 12.5 Å². The van der Waals surface area contributed by atoms with Crippen LogP contribution in [0.25, 0.3) is 0 Å². The van der Waals surface area contributed by atoms with Crippen molar-refractivity contribution in [2.75, 3.05) is 6.54 Å². The molecule has 0 saturated carbocycles. The molecule has 1 aromatic rings. The third-order valence-corrected chi connectivity index (χ3v) is 3.27. The summed E-state index contributed by atoms with van der Waals surface area (Å²) in [5.74, 6) is -0.257. The molecule has 2 unspecified atom stereocenters. The lowest BCUT2D eigenvalue weighted by atomic mass is 10.0. The highest BCUT2D eigenvalue weighted by Crippen LogP contribution is 2.09. The van der Waals surface area contributed by atoms with Crippen LogP contribution in [0, 0.1) is 5.82 Å². The van der Waals surface area contributed by atoms with Gasteiger partial charge in [0.25, 0.3) is 0 Å². The molecule has 1 aliphatic rings. The average Bonchev–Trinajstić information content (AvgIpc) is 2.32. The summed E-state index contributed by atoms with van der Waals surface area (Å²) in [4.78, 5) is 11.8. The van der Waals surface area contributed by atoms with Crippen molar-refractivity contribution < 1.29 is 9.18 Å². The number of carbonyl (C=O) groups excluding carboxylic acids is 1. The van der Waals surface area contributed by atoms with Crippen LogP contribution in [0.15, 0.2) is 24.3 Å². The van der Waals surface area contributed by atoms with Crippen molar-refractivity contribution >= 4 is 18.3 Å². The van der Waals surface area contributed by atoms with Gasteiger partial charge in [0.2, 0.25) is 5.91 Å². The zero-order valence-electron chi connectivity index (χ0n) is 11.0. The molecule has 0 aliphatic carbocycles. The van der Waals surface area contributed by atoms with Crippen LogP contribution in [0.4, 0.5) is 4.39 Å². The molecule has 1 saturated heterocycles. The Bertz CT molecular complexity index is 410. The van der Waals surface area contributed by atoms with E-state index in [4.69, 9.17) is 0 Å². The molecular weight excluding hydrogens is 267 g/mol. The van der Waals surface area contributed by atoms with Gasteiger partial charge >= 0.3 is 0 Å². The van der Waals surface area contributed by atoms with Crippen LogP contribution < -0.4 is 10.6 Å². The highest BCUT2D eigenvalue weighted by Gasteiger charge is 2.19. The Morgan fingerprint density at radius 3 is 2.74 bits per heavy atom. The summed E-state index contributed by atoms with van der Waals surface area (Å²) in [6, 6.07) is 6.79. The Morgan fingerprint density at radius 2 is 2.11 bits per heavy atom. The summed E-state index contributed by atoms with van der Waals surface area (Å²) in [6.07, 6.45) is 2.26. The third kappa shape index (κ3) is 5.17. The average molecular weight is 287 g/mol. The van der Waals surface area contributed by atoms with Gasteiger partial charge in [0.1, 0.15) is 5.82 Å². The Labute approximate surface area is 119 Å². The quantitative estimate of drug-likeness (QED) is 0.893. The van der Waals surface area contributed by atoms with E-state index in [1.165, 1.54) is 12.1 Å². The fourth-order valence-electron chi connectivity index (χ4n) is 2.33. The minimum Gasteiger partial charge on any atom is -0.353 e. The van der Waals surface area contributed by atoms with Crippen molar-refractivity contribution in [1.82, 2.24) is 10.6 Å². The van der Waals surface area contributed by atoms with E-state index < -0.39 is 0 Å². The van der Waals surface area contributed by atoms with E-state index in [-0.39, 0.29) is 30.2 Å². The zero-order chi connectivity index (χ0) is 13.0. The van der Waals surface area contributed by atoms with E-state index in [1.807, 2.05) is 0 Å². The fourth-order valence-corrected chi connectivity index (χ4v) is 2.33. The van der Waals surface area contributed by atoms with Gasteiger partial charge in [-0.05, 0) is 44.0 Å². The Morgan fingerprint density at radius 1 is 1.42 bits per heavy atom. The molecular formula is C14H20ClFN2O. The Balaban J connectivity index is 0.00000180. The molecule has 19 heavy (non-hydrogen) atoms. The summed E-state index contributed by atoms with van der Waals surface area (Å²) < 4.78 is 12.7.